The maximum Gasteiger partial charge on any atom is 0.344 e. The minimum absolute atomic E-state index is 0.251. The Morgan fingerprint density at radius 3 is 1.89 bits per heavy atom. The second-order valence-corrected chi connectivity index (χ2v) is 7.84. The number of fused-ring (bicyclic) bond motifs is 5. The molecule has 0 aromatic heterocycles. The van der Waals surface area contributed by atoms with Crippen LogP contribution in [-0.2, 0) is 9.59 Å². The van der Waals surface area contributed by atoms with E-state index in [2.05, 4.69) is 6.58 Å². The highest BCUT2D eigenvalue weighted by Gasteiger charge is 2.34. The minimum atomic E-state index is -0.423. The maximum atomic E-state index is 12.8. The Kier molecular flexibility index (Phi) is 4.08. The summed E-state index contributed by atoms with van der Waals surface area (Å²) in [4.78, 5) is 24.7. The molecule has 0 unspecified atom stereocenters. The molecule has 0 amide bonds. The van der Waals surface area contributed by atoms with E-state index in [1.807, 2.05) is 24.3 Å². The fourth-order valence-electron chi connectivity index (χ4n) is 4.62. The Morgan fingerprint density at radius 1 is 0.679 bits per heavy atom. The average Bonchev–Trinajstić information content (AvgIpc) is 3.22. The van der Waals surface area contributed by atoms with Gasteiger partial charge < -0.3 is 9.47 Å². The lowest BCUT2D eigenvalue weighted by Crippen LogP contribution is -2.04. The molecule has 1 aliphatic carbocycles. The quantitative estimate of drug-likeness (QED) is 0.343. The molecule has 2 heterocycles. The van der Waals surface area contributed by atoms with E-state index in [0.717, 1.165) is 47.6 Å². The van der Waals surface area contributed by atoms with Gasteiger partial charge >= 0.3 is 11.9 Å². The number of allylic oxidation sites excluding steroid dienone is 1. The lowest BCUT2D eigenvalue weighted by molar-refractivity contribution is -0.127. The summed E-state index contributed by atoms with van der Waals surface area (Å²) in [7, 11) is 0. The third kappa shape index (κ3) is 2.59. The second kappa shape index (κ2) is 6.62. The summed E-state index contributed by atoms with van der Waals surface area (Å²) in [5.41, 5.74) is 3.92. The lowest BCUT2D eigenvalue weighted by atomic mass is 9.92. The molecule has 2 aliphatic heterocycles. The molecule has 0 bridgehead atoms. The minimum Gasteiger partial charge on any atom is -0.422 e. The van der Waals surface area contributed by atoms with Crippen molar-refractivity contribution >= 4 is 33.9 Å². The first-order chi connectivity index (χ1) is 13.6. The molecule has 0 N–H and O–H groups in total. The van der Waals surface area contributed by atoms with Crippen LogP contribution in [0.3, 0.4) is 0 Å². The van der Waals surface area contributed by atoms with E-state index >= 15 is 0 Å². The highest BCUT2D eigenvalue weighted by Crippen LogP contribution is 2.47. The number of ether oxygens (including phenoxy) is 2. The highest BCUT2D eigenvalue weighted by molar-refractivity contribution is 6.26. The zero-order valence-corrected chi connectivity index (χ0v) is 15.8. The molecule has 28 heavy (non-hydrogen) atoms. The molecule has 5 rings (SSSR count). The number of hydrogen-bond donors (Lipinski definition) is 0. The summed E-state index contributed by atoms with van der Waals surface area (Å²) in [5.74, 6) is 0.420. The molecule has 0 radical (unpaired) electrons. The normalized spacial score (nSPS) is 19.6. The highest BCUT2D eigenvalue weighted by atomic mass is 16.5. The first kappa shape index (κ1) is 17.2. The van der Waals surface area contributed by atoms with Gasteiger partial charge in [0.15, 0.2) is 0 Å². The summed E-state index contributed by atoms with van der Waals surface area (Å²) >= 11 is 0. The van der Waals surface area contributed by atoms with E-state index < -0.39 is 5.97 Å². The van der Waals surface area contributed by atoms with Crippen LogP contribution in [0.25, 0.3) is 21.9 Å². The molecule has 1 saturated carbocycles. The predicted octanol–water partition coefficient (Wildman–Crippen LogP) is 5.58. The molecular formula is C24H22O4. The fraction of sp³-hybridized carbons (Fsp3) is 0.333. The van der Waals surface area contributed by atoms with E-state index in [-0.39, 0.29) is 5.97 Å². The van der Waals surface area contributed by atoms with Crippen molar-refractivity contribution in [3.05, 3.63) is 47.5 Å². The van der Waals surface area contributed by atoms with Gasteiger partial charge in [0, 0.05) is 21.9 Å². The third-order valence-corrected chi connectivity index (χ3v) is 6.10. The van der Waals surface area contributed by atoms with Gasteiger partial charge in [-0.25, -0.2) is 9.59 Å². The van der Waals surface area contributed by atoms with Gasteiger partial charge in [-0.15, -0.1) is 0 Å². The fourth-order valence-corrected chi connectivity index (χ4v) is 4.62. The van der Waals surface area contributed by atoms with Gasteiger partial charge in [-0.05, 0) is 49.9 Å². The van der Waals surface area contributed by atoms with Gasteiger partial charge in [0.2, 0.25) is 0 Å². The van der Waals surface area contributed by atoms with Crippen LogP contribution in [0.2, 0.25) is 0 Å². The van der Waals surface area contributed by atoms with Gasteiger partial charge in [-0.3, -0.25) is 0 Å². The van der Waals surface area contributed by atoms with Crippen LogP contribution in [0, 0.1) is 0 Å². The second-order valence-electron chi connectivity index (χ2n) is 7.84. The smallest absolute Gasteiger partial charge is 0.344 e. The average molecular weight is 374 g/mol. The monoisotopic (exact) mass is 374 g/mol. The number of hydrogen-bond acceptors (Lipinski definition) is 4. The predicted molar refractivity (Wildman–Crippen MR) is 108 cm³/mol. The Labute approximate surface area is 163 Å². The van der Waals surface area contributed by atoms with E-state index in [9.17, 15) is 9.59 Å². The lowest BCUT2D eigenvalue weighted by Gasteiger charge is -2.10. The summed E-state index contributed by atoms with van der Waals surface area (Å²) in [6.45, 7) is 3.80. The van der Waals surface area contributed by atoms with Crippen LogP contribution in [-0.4, -0.2) is 11.9 Å². The number of carbonyl (C=O) groups is 2. The molecule has 4 heteroatoms. The van der Waals surface area contributed by atoms with Gasteiger partial charge in [-0.2, -0.15) is 0 Å². The molecule has 2 aromatic rings. The summed E-state index contributed by atoms with van der Waals surface area (Å²) in [6.07, 6.45) is 9.18. The molecule has 142 valence electrons. The van der Waals surface area contributed by atoms with Crippen molar-refractivity contribution in [3.8, 4) is 11.5 Å². The zero-order chi connectivity index (χ0) is 19.3. The van der Waals surface area contributed by atoms with E-state index in [4.69, 9.17) is 9.47 Å². The first-order valence-corrected chi connectivity index (χ1v) is 10.1. The molecule has 3 aliphatic rings. The molecular weight excluding hydrogens is 352 g/mol. The van der Waals surface area contributed by atoms with Crippen LogP contribution >= 0.6 is 0 Å². The summed E-state index contributed by atoms with van der Waals surface area (Å²) in [6, 6.07) is 7.58. The van der Waals surface area contributed by atoms with E-state index in [1.54, 1.807) is 0 Å². The molecule has 0 spiro atoms. The van der Waals surface area contributed by atoms with Crippen LogP contribution in [0.5, 0.6) is 11.5 Å². The third-order valence-electron chi connectivity index (χ3n) is 6.10. The molecule has 4 nitrogen and oxygen atoms in total. The SMILES string of the molecule is C=C1C(=O)Oc2c1ccc1c3c(ccc21)C(=C1CCCCCCCC1)C(=O)O3. The Morgan fingerprint density at radius 2 is 1.21 bits per heavy atom. The molecule has 0 saturated heterocycles. The van der Waals surface area contributed by atoms with Crippen LogP contribution in [0.15, 0.2) is 36.4 Å². The van der Waals surface area contributed by atoms with Gasteiger partial charge in [-0.1, -0.05) is 37.8 Å². The maximum absolute atomic E-state index is 12.8. The van der Waals surface area contributed by atoms with Crippen molar-refractivity contribution < 1.29 is 19.1 Å². The number of esters is 2. The summed E-state index contributed by atoms with van der Waals surface area (Å²) < 4.78 is 11.2. The van der Waals surface area contributed by atoms with Crippen molar-refractivity contribution in [1.29, 1.82) is 0 Å². The topological polar surface area (TPSA) is 52.6 Å². The summed E-state index contributed by atoms with van der Waals surface area (Å²) in [5, 5.41) is 1.57. The Balaban J connectivity index is 1.65. The van der Waals surface area contributed by atoms with Gasteiger partial charge in [0.05, 0.1) is 11.1 Å². The van der Waals surface area contributed by atoms with Crippen LogP contribution in [0.1, 0.15) is 62.5 Å². The molecule has 1 fully saturated rings. The molecule has 2 aromatic carbocycles. The van der Waals surface area contributed by atoms with Crippen molar-refractivity contribution in [2.24, 2.45) is 0 Å². The van der Waals surface area contributed by atoms with Crippen molar-refractivity contribution in [2.45, 2.75) is 51.4 Å². The van der Waals surface area contributed by atoms with Gasteiger partial charge in [0.1, 0.15) is 11.5 Å². The largest absolute Gasteiger partial charge is 0.422 e. The van der Waals surface area contributed by atoms with Crippen molar-refractivity contribution in [3.63, 3.8) is 0 Å². The Hall–Kier alpha value is -2.88. The van der Waals surface area contributed by atoms with Gasteiger partial charge in [0.25, 0.3) is 0 Å². The number of rotatable bonds is 0. The first-order valence-electron chi connectivity index (χ1n) is 10.1. The number of benzene rings is 2. The van der Waals surface area contributed by atoms with E-state index in [0.29, 0.717) is 22.6 Å². The van der Waals surface area contributed by atoms with Crippen molar-refractivity contribution in [2.75, 3.05) is 0 Å². The Bertz CT molecular complexity index is 1060. The molecule has 0 atom stereocenters. The standard InChI is InChI=1S/C24H22O4/c1-14-16-10-11-18-17(21(16)27-23(14)25)12-13-19-20(24(26)28-22(18)19)15-8-6-4-2-3-5-7-9-15/h10-13H,1-9H2. The van der Waals surface area contributed by atoms with Crippen molar-refractivity contribution in [1.82, 2.24) is 0 Å². The van der Waals surface area contributed by atoms with E-state index in [1.165, 1.54) is 31.3 Å². The number of carbonyl (C=O) groups excluding carboxylic acids is 2. The van der Waals surface area contributed by atoms with Crippen LogP contribution < -0.4 is 9.47 Å². The van der Waals surface area contributed by atoms with Crippen LogP contribution in [0.4, 0.5) is 0 Å². The zero-order valence-electron chi connectivity index (χ0n) is 15.8.